The van der Waals surface area contributed by atoms with Crippen molar-refractivity contribution in [3.63, 3.8) is 0 Å². The topological polar surface area (TPSA) is 198 Å². The Morgan fingerprint density at radius 3 is 2.19 bits per heavy atom. The zero-order valence-corrected chi connectivity index (χ0v) is 48.0. The molecule has 12 rings (SSSR count). The van der Waals surface area contributed by atoms with E-state index in [2.05, 4.69) is 94.1 Å². The Labute approximate surface area is 485 Å². The standard InChI is InChI=1S/C42H48FN9O3.C15H12F3NO2.C6H11NO/c1-23(2)25(4)52-21-36(49-50-52)28-8-6-26(7-9-28)22-55-40-38(37-24(3)34(43)17-35-33(37)18-44-48-35)31(27-10-11-27)16-32-39(40)46-42(54-15-14-53-5)47-41(32)51-19-29-12-13-30(20-51)45-29;16-11-5-6-12(17)15(18)14(11)10-3-1-9(2-4-10)13(7-20)19-8-21;1-6-3-2-4-7(6)5-8/h6-9,16-18,21,23,25,27,29-30,45H,10-15,19-20,22H2,1-5H3,(H,44,48);1-6,8,13,20H,7H2,(H,19,21);5-6H,2-4H2,1H3. The van der Waals surface area contributed by atoms with Gasteiger partial charge in [0.2, 0.25) is 12.8 Å². The van der Waals surface area contributed by atoms with Crippen LogP contribution in [0.25, 0.3) is 55.3 Å². The molecule has 4 N–H and O–H groups in total. The minimum absolute atomic E-state index is 0.163. The Morgan fingerprint density at radius 1 is 0.821 bits per heavy atom. The molecule has 3 aliphatic heterocycles. The van der Waals surface area contributed by atoms with E-state index in [4.69, 9.17) is 29.3 Å². The largest absolute Gasteiger partial charge is 0.486 e. The van der Waals surface area contributed by atoms with E-state index < -0.39 is 29.1 Å². The first kappa shape index (κ1) is 59.2. The molecule has 442 valence electrons. The van der Waals surface area contributed by atoms with Crippen molar-refractivity contribution in [2.75, 3.05) is 51.5 Å². The maximum Gasteiger partial charge on any atom is 0.319 e. The van der Waals surface area contributed by atoms with Gasteiger partial charge in [0.05, 0.1) is 48.8 Å². The van der Waals surface area contributed by atoms with Crippen LogP contribution in [0.4, 0.5) is 23.4 Å². The number of hydrogen-bond acceptors (Lipinski definition) is 13. The van der Waals surface area contributed by atoms with Gasteiger partial charge in [0.25, 0.3) is 0 Å². The number of nitrogens with one attached hydrogen (secondary N) is 3. The Morgan fingerprint density at radius 2 is 1.55 bits per heavy atom. The highest BCUT2D eigenvalue weighted by atomic mass is 19.2. The molecular weight excluding hydrogens is 1080 g/mol. The Bertz CT molecular complexity index is 3590. The second kappa shape index (κ2) is 26.3. The van der Waals surface area contributed by atoms with Crippen molar-refractivity contribution >= 4 is 40.4 Å². The molecule has 2 bridgehead atoms. The molecule has 8 aromatic rings. The van der Waals surface area contributed by atoms with E-state index in [1.807, 2.05) is 22.7 Å². The molecule has 0 spiro atoms. The summed E-state index contributed by atoms with van der Waals surface area (Å²) < 4.78 is 76.8. The number of likely N-dealkylation sites (tertiary alicyclic amines) is 1. The minimum atomic E-state index is -1.26. The highest BCUT2D eigenvalue weighted by molar-refractivity contribution is 6.06. The van der Waals surface area contributed by atoms with Crippen LogP contribution in [-0.2, 0) is 20.9 Å². The number of H-pyrrole nitrogens is 1. The lowest BCUT2D eigenvalue weighted by atomic mass is 9.88. The van der Waals surface area contributed by atoms with Gasteiger partial charge in [-0.2, -0.15) is 15.1 Å². The molecule has 0 radical (unpaired) electrons. The molecule has 84 heavy (non-hydrogen) atoms. The van der Waals surface area contributed by atoms with Crippen molar-refractivity contribution in [3.05, 3.63) is 131 Å². The number of aliphatic hydroxyl groups is 1. The van der Waals surface area contributed by atoms with E-state index in [-0.39, 0.29) is 36.6 Å². The van der Waals surface area contributed by atoms with Gasteiger partial charge < -0.3 is 39.8 Å². The van der Waals surface area contributed by atoms with Gasteiger partial charge >= 0.3 is 6.01 Å². The number of amides is 2. The van der Waals surface area contributed by atoms with Crippen LogP contribution in [0.2, 0.25) is 0 Å². The summed E-state index contributed by atoms with van der Waals surface area (Å²) in [5.41, 5.74) is 7.56. The van der Waals surface area contributed by atoms with Crippen molar-refractivity contribution in [3.8, 4) is 45.3 Å². The zero-order valence-electron chi connectivity index (χ0n) is 48.0. The smallest absolute Gasteiger partial charge is 0.319 e. The third-order valence-corrected chi connectivity index (χ3v) is 16.5. The molecule has 1 saturated carbocycles. The van der Waals surface area contributed by atoms with Crippen molar-refractivity contribution in [1.29, 1.82) is 0 Å². The third kappa shape index (κ3) is 12.9. The first-order valence-corrected chi connectivity index (χ1v) is 28.7. The fraction of sp³-hybridized carbons (Fsp3) is 0.413. The number of halogens is 4. The van der Waals surface area contributed by atoms with Crippen LogP contribution in [-0.4, -0.2) is 123 Å². The second-order valence-electron chi connectivity index (χ2n) is 22.5. The molecule has 3 saturated heterocycles. The van der Waals surface area contributed by atoms with Gasteiger partial charge in [-0.15, -0.1) is 5.10 Å². The number of aliphatic hydroxyl groups excluding tert-OH is 1. The number of nitrogens with zero attached hydrogens (tertiary/aromatic N) is 8. The third-order valence-electron chi connectivity index (χ3n) is 16.5. The summed E-state index contributed by atoms with van der Waals surface area (Å²) in [6.07, 6.45) is 11.9. The van der Waals surface area contributed by atoms with Crippen molar-refractivity contribution in [2.24, 2.45) is 5.92 Å². The van der Waals surface area contributed by atoms with E-state index in [1.54, 1.807) is 13.3 Å². The van der Waals surface area contributed by atoms with Gasteiger partial charge in [0, 0.05) is 72.3 Å². The number of piperazine rings is 1. The Balaban J connectivity index is 0.000000222. The summed E-state index contributed by atoms with van der Waals surface area (Å²) >= 11 is 0. The van der Waals surface area contributed by atoms with Crippen LogP contribution < -0.4 is 25.0 Å². The summed E-state index contributed by atoms with van der Waals surface area (Å²) in [6, 6.07) is 20.5. The molecular formula is C63H71F4N11O6. The fourth-order valence-electron chi connectivity index (χ4n) is 11.3. The number of carbonyl (C=O) groups is 2. The number of rotatable bonds is 19. The van der Waals surface area contributed by atoms with Crippen LogP contribution >= 0.6 is 0 Å². The molecule has 3 aromatic heterocycles. The number of ether oxygens (including phenoxy) is 3. The number of anilines is 1. The number of carbonyl (C=O) groups excluding carboxylic acids is 2. The maximum atomic E-state index is 15.8. The Hall–Kier alpha value is -8.01. The molecule has 5 aromatic carbocycles. The average Bonchev–Trinajstić information content (AvgIpc) is 1.63. The molecule has 1 aliphatic carbocycles. The number of benzene rings is 5. The lowest BCUT2D eigenvalue weighted by Gasteiger charge is -2.34. The lowest BCUT2D eigenvalue weighted by Crippen LogP contribution is -2.51. The summed E-state index contributed by atoms with van der Waals surface area (Å²) in [4.78, 5) is 34.9. The van der Waals surface area contributed by atoms with Gasteiger partial charge in [-0.1, -0.05) is 67.6 Å². The quantitative estimate of drug-likeness (QED) is 0.0258. The van der Waals surface area contributed by atoms with Crippen molar-refractivity contribution in [2.45, 2.75) is 116 Å². The first-order valence-electron chi connectivity index (χ1n) is 28.7. The molecule has 6 heterocycles. The number of hydrogen-bond donors (Lipinski definition) is 4. The second-order valence-corrected chi connectivity index (χ2v) is 22.5. The van der Waals surface area contributed by atoms with E-state index in [0.717, 1.165) is 114 Å². The summed E-state index contributed by atoms with van der Waals surface area (Å²) in [7, 11) is 1.64. The molecule has 5 atom stereocenters. The molecule has 17 nitrogen and oxygen atoms in total. The van der Waals surface area contributed by atoms with E-state index in [1.165, 1.54) is 43.2 Å². The number of aromatic nitrogens is 7. The first-order chi connectivity index (χ1) is 40.7. The highest BCUT2D eigenvalue weighted by Crippen LogP contribution is 2.53. The Kier molecular flexibility index (Phi) is 18.5. The highest BCUT2D eigenvalue weighted by Gasteiger charge is 2.37. The summed E-state index contributed by atoms with van der Waals surface area (Å²) in [6.45, 7) is 13.7. The van der Waals surface area contributed by atoms with Crippen LogP contribution in [0.5, 0.6) is 11.8 Å². The monoisotopic (exact) mass is 1150 g/mol. The van der Waals surface area contributed by atoms with Crippen molar-refractivity contribution in [1.82, 2.24) is 50.7 Å². The molecule has 4 aliphatic rings. The van der Waals surface area contributed by atoms with Crippen LogP contribution in [0.15, 0.2) is 85.2 Å². The summed E-state index contributed by atoms with van der Waals surface area (Å²) in [5.74, 6) is -1.41. The number of methoxy groups -OCH3 is 1. The molecule has 4 fully saturated rings. The number of aromatic amines is 1. The minimum Gasteiger partial charge on any atom is -0.486 e. The van der Waals surface area contributed by atoms with Crippen molar-refractivity contribution < 1.29 is 46.5 Å². The van der Waals surface area contributed by atoms with Gasteiger partial charge in [-0.25, -0.2) is 22.2 Å². The molecule has 21 heteroatoms. The van der Waals surface area contributed by atoms with Gasteiger partial charge in [0.15, 0.2) is 17.4 Å². The van der Waals surface area contributed by atoms with Gasteiger partial charge in [-0.05, 0) is 123 Å². The number of fused-ring (bicyclic) bond motifs is 4. The van der Waals surface area contributed by atoms with Crippen LogP contribution in [0, 0.1) is 36.1 Å². The predicted molar refractivity (Wildman–Crippen MR) is 312 cm³/mol. The molecule has 2 amide bonds. The maximum absolute atomic E-state index is 15.8. The lowest BCUT2D eigenvalue weighted by molar-refractivity contribution is -0.118. The summed E-state index contributed by atoms with van der Waals surface area (Å²) in [5, 5.41) is 33.2. The van der Waals surface area contributed by atoms with Crippen LogP contribution in [0.1, 0.15) is 106 Å². The average molecular weight is 1150 g/mol. The predicted octanol–water partition coefficient (Wildman–Crippen LogP) is 10.7. The zero-order chi connectivity index (χ0) is 59.2. The van der Waals surface area contributed by atoms with E-state index >= 15 is 4.39 Å². The SMILES string of the molecule is CC1CCCN1C=O.COCCOc1nc(N2CC3CCC(C2)N3)c2cc(C3CC3)c(-c3c(C)c(F)cc4[nH]ncc34)c(OCc3ccc(-c4cn(C(C)C(C)C)nn4)cc3)c2n1.O=CNC(CO)c1ccc(-c2c(F)ccc(F)c2F)cc1. The normalized spacial score (nSPS) is 18.1. The van der Waals surface area contributed by atoms with Gasteiger partial charge in [0.1, 0.15) is 41.9 Å². The van der Waals surface area contributed by atoms with E-state index in [0.29, 0.717) is 77.5 Å². The fourth-order valence-corrected chi connectivity index (χ4v) is 11.3. The van der Waals surface area contributed by atoms with E-state index in [9.17, 15) is 22.8 Å². The van der Waals surface area contributed by atoms with Crippen LogP contribution in [0.3, 0.4) is 0 Å². The molecule has 5 unspecified atom stereocenters. The van der Waals surface area contributed by atoms with Gasteiger partial charge in [-0.3, -0.25) is 14.7 Å².